The fourth-order valence-electron chi connectivity index (χ4n) is 2.26. The number of halogens is 1. The van der Waals surface area contributed by atoms with E-state index in [2.05, 4.69) is 27.6 Å². The smallest absolute Gasteiger partial charge is 0.261 e. The monoisotopic (exact) mass is 376 g/mol. The van der Waals surface area contributed by atoms with E-state index in [0.717, 1.165) is 20.5 Å². The summed E-state index contributed by atoms with van der Waals surface area (Å²) in [6.45, 7) is 2.43. The van der Waals surface area contributed by atoms with Gasteiger partial charge >= 0.3 is 0 Å². The third kappa shape index (κ3) is 2.47. The summed E-state index contributed by atoms with van der Waals surface area (Å²) in [5.41, 5.74) is 1.89. The summed E-state index contributed by atoms with van der Waals surface area (Å²) in [7, 11) is 0. The molecule has 0 saturated carbocycles. The lowest BCUT2D eigenvalue weighted by Crippen LogP contribution is -2.24. The number of rotatable bonds is 2. The predicted octanol–water partition coefficient (Wildman–Crippen LogP) is 3.36. The first-order chi connectivity index (χ1) is 9.65. The molecule has 100 valence electrons. The lowest BCUT2D eigenvalue weighted by atomic mass is 10.2. The van der Waals surface area contributed by atoms with E-state index in [9.17, 15) is 4.79 Å². The number of fused-ring (bicyclic) bond motifs is 1. The Morgan fingerprint density at radius 2 is 1.90 bits per heavy atom. The van der Waals surface area contributed by atoms with Crippen LogP contribution in [0.25, 0.3) is 10.9 Å². The average molecular weight is 376 g/mol. The van der Waals surface area contributed by atoms with Crippen molar-refractivity contribution in [1.29, 1.82) is 0 Å². The Balaban J connectivity index is 2.18. The van der Waals surface area contributed by atoms with Gasteiger partial charge in [0.05, 0.1) is 17.4 Å². The van der Waals surface area contributed by atoms with Crippen LogP contribution in [-0.4, -0.2) is 9.55 Å². The molecule has 0 fully saturated rings. The molecule has 0 radical (unpaired) electrons. The zero-order valence-electron chi connectivity index (χ0n) is 11.0. The summed E-state index contributed by atoms with van der Waals surface area (Å²) in [4.78, 5) is 17.2. The highest BCUT2D eigenvalue weighted by atomic mass is 127. The maximum atomic E-state index is 12.6. The molecule has 0 amide bonds. The average Bonchev–Trinajstić information content (AvgIpc) is 2.46. The molecule has 3 rings (SSSR count). The van der Waals surface area contributed by atoms with Crippen LogP contribution in [-0.2, 0) is 6.54 Å². The number of aryl methyl sites for hydroxylation is 1. The molecule has 1 heterocycles. The molecule has 0 unspecified atom stereocenters. The van der Waals surface area contributed by atoms with Crippen molar-refractivity contribution in [3.8, 4) is 0 Å². The van der Waals surface area contributed by atoms with Gasteiger partial charge < -0.3 is 0 Å². The second-order valence-corrected chi connectivity index (χ2v) is 5.94. The summed E-state index contributed by atoms with van der Waals surface area (Å²) < 4.78 is 2.78. The van der Waals surface area contributed by atoms with Crippen LogP contribution in [0, 0.1) is 10.5 Å². The molecular formula is C16H13IN2O. The van der Waals surface area contributed by atoms with Crippen molar-refractivity contribution in [3.63, 3.8) is 0 Å². The van der Waals surface area contributed by atoms with E-state index in [1.165, 1.54) is 0 Å². The Kier molecular flexibility index (Phi) is 3.56. The minimum atomic E-state index is 0.0230. The molecule has 0 aliphatic heterocycles. The maximum Gasteiger partial charge on any atom is 0.261 e. The van der Waals surface area contributed by atoms with Gasteiger partial charge in [0.25, 0.3) is 5.56 Å². The first kappa shape index (κ1) is 13.3. The zero-order valence-corrected chi connectivity index (χ0v) is 13.2. The molecule has 0 aliphatic rings. The zero-order chi connectivity index (χ0) is 14.1. The van der Waals surface area contributed by atoms with Gasteiger partial charge in [-0.1, -0.05) is 30.3 Å². The van der Waals surface area contributed by atoms with Crippen LogP contribution >= 0.6 is 22.6 Å². The number of nitrogens with zero attached hydrogens (tertiary/aromatic N) is 2. The minimum absolute atomic E-state index is 0.0230. The van der Waals surface area contributed by atoms with Gasteiger partial charge in [0.1, 0.15) is 5.82 Å². The number of hydrogen-bond acceptors (Lipinski definition) is 2. The van der Waals surface area contributed by atoms with Crippen molar-refractivity contribution in [2.75, 3.05) is 0 Å². The van der Waals surface area contributed by atoms with Gasteiger partial charge in [-0.3, -0.25) is 9.36 Å². The molecular weight excluding hydrogens is 363 g/mol. The maximum absolute atomic E-state index is 12.6. The molecule has 0 aliphatic carbocycles. The molecule has 0 N–H and O–H groups in total. The first-order valence-corrected chi connectivity index (χ1v) is 7.43. The van der Waals surface area contributed by atoms with Gasteiger partial charge in [-0.2, -0.15) is 0 Å². The van der Waals surface area contributed by atoms with Crippen LogP contribution in [0.2, 0.25) is 0 Å². The third-order valence-corrected chi connectivity index (χ3v) is 3.96. The van der Waals surface area contributed by atoms with Crippen LogP contribution in [0.4, 0.5) is 0 Å². The molecule has 20 heavy (non-hydrogen) atoms. The van der Waals surface area contributed by atoms with E-state index < -0.39 is 0 Å². The molecule has 4 heteroatoms. The van der Waals surface area contributed by atoms with Gasteiger partial charge in [-0.15, -0.1) is 0 Å². The Labute approximate surface area is 130 Å². The molecule has 0 atom stereocenters. The number of aromatic nitrogens is 2. The summed E-state index contributed by atoms with van der Waals surface area (Å²) in [5.74, 6) is 0.743. The highest BCUT2D eigenvalue weighted by molar-refractivity contribution is 14.1. The van der Waals surface area contributed by atoms with Gasteiger partial charge in [0.2, 0.25) is 0 Å². The van der Waals surface area contributed by atoms with E-state index in [1.54, 1.807) is 4.57 Å². The van der Waals surface area contributed by atoms with Crippen molar-refractivity contribution in [3.05, 3.63) is 73.8 Å². The fraction of sp³-hybridized carbons (Fsp3) is 0.125. The molecule has 3 aromatic rings. The minimum Gasteiger partial charge on any atom is -0.292 e. The number of hydrogen-bond donors (Lipinski definition) is 0. The van der Waals surface area contributed by atoms with Crippen molar-refractivity contribution >= 4 is 33.5 Å². The van der Waals surface area contributed by atoms with Crippen LogP contribution < -0.4 is 5.56 Å². The molecule has 3 nitrogen and oxygen atoms in total. The van der Waals surface area contributed by atoms with E-state index in [-0.39, 0.29) is 5.56 Å². The van der Waals surface area contributed by atoms with E-state index in [4.69, 9.17) is 0 Å². The second kappa shape index (κ2) is 5.36. The van der Waals surface area contributed by atoms with Gasteiger partial charge in [-0.25, -0.2) is 4.98 Å². The summed E-state index contributed by atoms with van der Waals surface area (Å²) in [6, 6.07) is 15.7. The van der Waals surface area contributed by atoms with Crippen molar-refractivity contribution in [1.82, 2.24) is 9.55 Å². The summed E-state index contributed by atoms with van der Waals surface area (Å²) >= 11 is 2.21. The Morgan fingerprint density at radius 1 is 1.15 bits per heavy atom. The number of benzene rings is 2. The Morgan fingerprint density at radius 3 is 2.65 bits per heavy atom. The lowest BCUT2D eigenvalue weighted by molar-refractivity contribution is 0.713. The fourth-order valence-corrected chi connectivity index (χ4v) is 2.75. The molecule has 0 saturated heterocycles. The largest absolute Gasteiger partial charge is 0.292 e. The molecule has 0 spiro atoms. The molecule has 1 aromatic heterocycles. The third-order valence-electron chi connectivity index (χ3n) is 3.29. The van der Waals surface area contributed by atoms with Gasteiger partial charge in [-0.05, 0) is 53.3 Å². The molecule has 0 bridgehead atoms. The van der Waals surface area contributed by atoms with Gasteiger partial charge in [0.15, 0.2) is 0 Å². The predicted molar refractivity (Wildman–Crippen MR) is 89.0 cm³/mol. The topological polar surface area (TPSA) is 34.9 Å². The summed E-state index contributed by atoms with van der Waals surface area (Å²) in [6.07, 6.45) is 0. The van der Waals surface area contributed by atoms with E-state index in [1.807, 2.05) is 55.5 Å². The van der Waals surface area contributed by atoms with Crippen molar-refractivity contribution in [2.45, 2.75) is 13.5 Å². The Hall–Kier alpha value is -1.69. The highest BCUT2D eigenvalue weighted by Gasteiger charge is 2.08. The lowest BCUT2D eigenvalue weighted by Gasteiger charge is -2.11. The SMILES string of the molecule is Cc1nc2ccc(I)cc2c(=O)n1Cc1ccccc1. The van der Waals surface area contributed by atoms with Crippen LogP contribution in [0.5, 0.6) is 0 Å². The van der Waals surface area contributed by atoms with Crippen LogP contribution in [0.3, 0.4) is 0 Å². The van der Waals surface area contributed by atoms with E-state index >= 15 is 0 Å². The van der Waals surface area contributed by atoms with Crippen molar-refractivity contribution < 1.29 is 0 Å². The second-order valence-electron chi connectivity index (χ2n) is 4.70. The first-order valence-electron chi connectivity index (χ1n) is 6.36. The van der Waals surface area contributed by atoms with Crippen molar-refractivity contribution in [2.24, 2.45) is 0 Å². The standard InChI is InChI=1S/C16H13IN2O/c1-11-18-15-8-7-13(17)9-14(15)16(20)19(11)10-12-5-3-2-4-6-12/h2-9H,10H2,1H3. The quantitative estimate of drug-likeness (QED) is 0.643. The normalized spacial score (nSPS) is 10.9. The Bertz CT molecular complexity index is 825. The van der Waals surface area contributed by atoms with Crippen LogP contribution in [0.1, 0.15) is 11.4 Å². The van der Waals surface area contributed by atoms with E-state index in [0.29, 0.717) is 11.9 Å². The highest BCUT2D eigenvalue weighted by Crippen LogP contribution is 2.13. The summed E-state index contributed by atoms with van der Waals surface area (Å²) in [5, 5.41) is 0.679. The molecule has 2 aromatic carbocycles. The van der Waals surface area contributed by atoms with Gasteiger partial charge in [0, 0.05) is 3.57 Å². The van der Waals surface area contributed by atoms with Crippen LogP contribution in [0.15, 0.2) is 53.3 Å².